The van der Waals surface area contributed by atoms with E-state index in [0.29, 0.717) is 72.6 Å². The largest absolute Gasteiger partial charge is 0.507 e. The van der Waals surface area contributed by atoms with Gasteiger partial charge >= 0.3 is 0 Å². The van der Waals surface area contributed by atoms with Crippen LogP contribution in [-0.4, -0.2) is 107 Å². The maximum Gasteiger partial charge on any atom is 0.124 e. The molecule has 12 nitrogen and oxygen atoms in total. The van der Waals surface area contributed by atoms with Gasteiger partial charge in [0.25, 0.3) is 0 Å². The number of hydrogen-bond acceptors (Lipinski definition) is 12. The Balaban J connectivity index is 0.000000198. The van der Waals surface area contributed by atoms with Gasteiger partial charge in [-0.3, -0.25) is 30.0 Å². The zero-order valence-corrected chi connectivity index (χ0v) is 32.9. The smallest absolute Gasteiger partial charge is 0.124 e. The molecule has 0 saturated heterocycles. The zero-order valence-electron chi connectivity index (χ0n) is 32.9. The lowest BCUT2D eigenvalue weighted by atomic mass is 10.2. The molecule has 0 spiro atoms. The molecule has 306 valence electrons. The number of para-hydroxylation sites is 6. The maximum absolute atomic E-state index is 9.54. The number of benzene rings is 6. The third kappa shape index (κ3) is 16.7. The van der Waals surface area contributed by atoms with Crippen molar-refractivity contribution in [3.05, 3.63) is 179 Å². The van der Waals surface area contributed by atoms with E-state index >= 15 is 0 Å². The molecule has 0 fully saturated rings. The predicted molar refractivity (Wildman–Crippen MR) is 243 cm³/mol. The van der Waals surface area contributed by atoms with Crippen LogP contribution in [0.15, 0.2) is 176 Å². The molecule has 6 aromatic carbocycles. The lowest BCUT2D eigenvalue weighted by Crippen LogP contribution is -1.91. The van der Waals surface area contributed by atoms with Gasteiger partial charge in [-0.05, 0) is 72.8 Å². The summed E-state index contributed by atoms with van der Waals surface area (Å²) in [5.41, 5.74) is 4.15. The number of nitrogens with zero attached hydrogens (tertiary/aromatic N) is 6. The van der Waals surface area contributed by atoms with Crippen molar-refractivity contribution < 1.29 is 30.6 Å². The Morgan fingerprint density at radius 2 is 0.367 bits per heavy atom. The monoisotopic (exact) mass is 804 g/mol. The van der Waals surface area contributed by atoms with Gasteiger partial charge < -0.3 is 30.6 Å². The number of aliphatic imine (C=N–C) groups is 6. The second-order valence-corrected chi connectivity index (χ2v) is 12.6. The van der Waals surface area contributed by atoms with E-state index in [1.165, 1.54) is 0 Å². The van der Waals surface area contributed by atoms with Crippen molar-refractivity contribution in [3.63, 3.8) is 0 Å². The highest BCUT2D eigenvalue weighted by Gasteiger charge is 1.98. The van der Waals surface area contributed by atoms with Gasteiger partial charge in [0.2, 0.25) is 0 Å². The minimum absolute atomic E-state index is 0.217. The van der Waals surface area contributed by atoms with Crippen LogP contribution in [-0.2, 0) is 0 Å². The Hall–Kier alpha value is -7.86. The zero-order chi connectivity index (χ0) is 42.6. The lowest BCUT2D eigenvalue weighted by Gasteiger charge is -1.97. The molecule has 6 N–H and O–H groups in total. The first-order valence-electron chi connectivity index (χ1n) is 19.0. The van der Waals surface area contributed by atoms with Crippen molar-refractivity contribution in [1.82, 2.24) is 0 Å². The molecule has 0 bridgehead atoms. The number of phenols is 6. The minimum atomic E-state index is 0.217. The van der Waals surface area contributed by atoms with Gasteiger partial charge in [-0.1, -0.05) is 72.8 Å². The quantitative estimate of drug-likeness (QED) is 0.0451. The Labute approximate surface area is 349 Å². The van der Waals surface area contributed by atoms with Gasteiger partial charge in [-0.15, -0.1) is 0 Å². The van der Waals surface area contributed by atoms with Crippen LogP contribution in [0.5, 0.6) is 34.5 Å². The average Bonchev–Trinajstić information content (AvgIpc) is 3.26. The SMILES string of the molecule is Oc1ccccc1/C=N/CC/N=C/c1ccccc1O.Oc1ccccc1/C=N/CC/N=C/c1ccccc1O.Oc1ccccc1/C=N/CC/N=C/c1ccccc1O. The van der Waals surface area contributed by atoms with Gasteiger partial charge in [0, 0.05) is 70.7 Å². The summed E-state index contributed by atoms with van der Waals surface area (Å²) < 4.78 is 0. The Morgan fingerprint density at radius 3 is 0.500 bits per heavy atom. The van der Waals surface area contributed by atoms with Crippen molar-refractivity contribution in [2.24, 2.45) is 30.0 Å². The predicted octanol–water partition coefficient (Wildman–Crippen LogP) is 7.91. The van der Waals surface area contributed by atoms with Crippen LogP contribution in [0.1, 0.15) is 33.4 Å². The van der Waals surface area contributed by atoms with E-state index in [0.717, 1.165) is 0 Å². The van der Waals surface area contributed by atoms with Crippen LogP contribution < -0.4 is 0 Å². The summed E-state index contributed by atoms with van der Waals surface area (Å²) in [7, 11) is 0. The average molecular weight is 805 g/mol. The molecule has 6 rings (SSSR count). The van der Waals surface area contributed by atoms with E-state index < -0.39 is 0 Å². The number of aromatic hydroxyl groups is 6. The second kappa shape index (κ2) is 26.1. The molecule has 0 atom stereocenters. The van der Waals surface area contributed by atoms with Crippen molar-refractivity contribution in [3.8, 4) is 34.5 Å². The fraction of sp³-hybridized carbons (Fsp3) is 0.125. The van der Waals surface area contributed by atoms with E-state index in [1.54, 1.807) is 146 Å². The fourth-order valence-corrected chi connectivity index (χ4v) is 4.90. The molecule has 0 aliphatic rings. The number of phenolic OH excluding ortho intramolecular Hbond substituents is 6. The third-order valence-electron chi connectivity index (χ3n) is 8.08. The van der Waals surface area contributed by atoms with Crippen molar-refractivity contribution >= 4 is 37.3 Å². The van der Waals surface area contributed by atoms with Gasteiger partial charge in [0.15, 0.2) is 0 Å². The van der Waals surface area contributed by atoms with Gasteiger partial charge in [-0.2, -0.15) is 0 Å². The van der Waals surface area contributed by atoms with Crippen molar-refractivity contribution in [1.29, 1.82) is 0 Å². The van der Waals surface area contributed by atoms with E-state index in [1.807, 2.05) is 36.4 Å². The molecule has 0 unspecified atom stereocenters. The Bertz CT molecular complexity index is 1960. The van der Waals surface area contributed by atoms with Crippen LogP contribution in [0, 0.1) is 0 Å². The highest BCUT2D eigenvalue weighted by Crippen LogP contribution is 2.16. The second-order valence-electron chi connectivity index (χ2n) is 12.6. The van der Waals surface area contributed by atoms with Gasteiger partial charge in [0.1, 0.15) is 34.5 Å². The first-order valence-corrected chi connectivity index (χ1v) is 19.0. The van der Waals surface area contributed by atoms with Gasteiger partial charge in [0.05, 0.1) is 39.3 Å². The van der Waals surface area contributed by atoms with Crippen LogP contribution in [0.4, 0.5) is 0 Å². The highest BCUT2D eigenvalue weighted by atomic mass is 16.3. The lowest BCUT2D eigenvalue weighted by molar-refractivity contribution is 0.474. The molecule has 0 heterocycles. The van der Waals surface area contributed by atoms with Crippen LogP contribution in [0.25, 0.3) is 0 Å². The van der Waals surface area contributed by atoms with Crippen LogP contribution in [0.3, 0.4) is 0 Å². The molecule has 6 aromatic rings. The van der Waals surface area contributed by atoms with E-state index in [9.17, 15) is 30.6 Å². The fourth-order valence-electron chi connectivity index (χ4n) is 4.90. The Morgan fingerprint density at radius 1 is 0.233 bits per heavy atom. The molecule has 60 heavy (non-hydrogen) atoms. The normalized spacial score (nSPS) is 11.4. The summed E-state index contributed by atoms with van der Waals surface area (Å²) in [6, 6.07) is 42.2. The molecule has 0 aromatic heterocycles. The van der Waals surface area contributed by atoms with Crippen molar-refractivity contribution in [2.45, 2.75) is 0 Å². The summed E-state index contributed by atoms with van der Waals surface area (Å²) in [6.07, 6.45) is 9.78. The highest BCUT2D eigenvalue weighted by molar-refractivity contribution is 5.86. The third-order valence-corrected chi connectivity index (χ3v) is 8.08. The first kappa shape index (κ1) is 44.8. The van der Waals surface area contributed by atoms with Crippen LogP contribution >= 0.6 is 0 Å². The topological polar surface area (TPSA) is 196 Å². The molecule has 0 aliphatic carbocycles. The van der Waals surface area contributed by atoms with E-state index in [2.05, 4.69) is 30.0 Å². The molecule has 0 aliphatic heterocycles. The summed E-state index contributed by atoms with van der Waals surface area (Å²) in [5, 5.41) is 57.3. The van der Waals surface area contributed by atoms with Crippen LogP contribution in [0.2, 0.25) is 0 Å². The number of rotatable bonds is 15. The van der Waals surface area contributed by atoms with E-state index in [4.69, 9.17) is 0 Å². The molecule has 0 radical (unpaired) electrons. The maximum atomic E-state index is 9.54. The minimum Gasteiger partial charge on any atom is -0.507 e. The molecule has 12 heteroatoms. The summed E-state index contributed by atoms with van der Waals surface area (Å²) in [4.78, 5) is 25.2. The van der Waals surface area contributed by atoms with Gasteiger partial charge in [-0.25, -0.2) is 0 Å². The summed E-state index contributed by atoms with van der Waals surface area (Å²) in [6.45, 7) is 3.16. The summed E-state index contributed by atoms with van der Waals surface area (Å²) >= 11 is 0. The molecular formula is C48H48N6O6. The first-order chi connectivity index (χ1) is 29.3. The molecule has 0 saturated carbocycles. The summed E-state index contributed by atoms with van der Waals surface area (Å²) in [5.74, 6) is 1.30. The van der Waals surface area contributed by atoms with Crippen molar-refractivity contribution in [2.75, 3.05) is 39.3 Å². The standard InChI is InChI=1S/3C16H16N2O2/c3*19-15-7-3-1-5-13(15)11-17-9-10-18-12-14-6-2-4-8-16(14)20/h3*1-8,11-12,19-20H,9-10H2/b3*17-11+,18-12+. The number of hydrogen-bond donors (Lipinski definition) is 6. The Kier molecular flexibility index (Phi) is 19.5. The molecule has 0 amide bonds. The van der Waals surface area contributed by atoms with E-state index in [-0.39, 0.29) is 34.5 Å². The molecular weight excluding hydrogens is 757 g/mol.